The van der Waals surface area contributed by atoms with Crippen molar-refractivity contribution in [2.75, 3.05) is 9.80 Å². The lowest BCUT2D eigenvalue weighted by Gasteiger charge is -2.39. The monoisotopic (exact) mass is 654 g/mol. The molecule has 2 nitrogen and oxygen atoms in total. The van der Waals surface area contributed by atoms with Crippen LogP contribution in [0, 0.1) is 41.5 Å². The Morgan fingerprint density at radius 1 is 0.360 bits per heavy atom. The Morgan fingerprint density at radius 2 is 0.740 bits per heavy atom. The lowest BCUT2D eigenvalue weighted by Crippen LogP contribution is -2.30. The molecule has 0 aromatic heterocycles. The van der Waals surface area contributed by atoms with E-state index in [9.17, 15) is 0 Å². The fraction of sp³-hybridized carbons (Fsp3) is 0.250. The number of benzene rings is 6. The highest BCUT2D eigenvalue weighted by Crippen LogP contribution is 2.47. The van der Waals surface area contributed by atoms with Gasteiger partial charge in [-0.1, -0.05) is 79.9 Å². The van der Waals surface area contributed by atoms with Crippen LogP contribution in [0.15, 0.2) is 133 Å². The predicted octanol–water partition coefficient (Wildman–Crippen LogP) is 13.7. The highest BCUT2D eigenvalue weighted by Gasteiger charge is 2.36. The van der Waals surface area contributed by atoms with Crippen LogP contribution >= 0.6 is 0 Å². The van der Waals surface area contributed by atoms with Gasteiger partial charge in [0, 0.05) is 39.5 Å². The summed E-state index contributed by atoms with van der Waals surface area (Å²) in [6, 6.07) is 50.3. The zero-order chi connectivity index (χ0) is 34.8. The Bertz CT molecular complexity index is 1950. The maximum atomic E-state index is 2.41. The minimum atomic E-state index is -0.00145. The molecule has 2 heteroatoms. The Labute approximate surface area is 300 Å². The molecule has 0 aliphatic heterocycles. The third-order valence-electron chi connectivity index (χ3n) is 11.1. The number of aryl methyl sites for hydroxylation is 6. The predicted molar refractivity (Wildman–Crippen MR) is 215 cm³/mol. The van der Waals surface area contributed by atoms with Crippen molar-refractivity contribution in [1.29, 1.82) is 0 Å². The molecule has 0 spiro atoms. The summed E-state index contributed by atoms with van der Waals surface area (Å²) in [6.07, 6.45) is 6.14. The van der Waals surface area contributed by atoms with E-state index < -0.39 is 0 Å². The molecule has 1 fully saturated rings. The third kappa shape index (κ3) is 6.60. The lowest BCUT2D eigenvalue weighted by molar-refractivity contribution is 0.346. The largest absolute Gasteiger partial charge is 0.310 e. The highest BCUT2D eigenvalue weighted by molar-refractivity contribution is 5.79. The maximum Gasteiger partial charge on any atom is 0.0464 e. The van der Waals surface area contributed by atoms with E-state index in [1.54, 1.807) is 0 Å². The minimum absolute atomic E-state index is 0.00145. The van der Waals surface area contributed by atoms with Crippen LogP contribution in [0.2, 0.25) is 0 Å². The van der Waals surface area contributed by atoms with Gasteiger partial charge in [0.15, 0.2) is 0 Å². The lowest BCUT2D eigenvalue weighted by atomic mass is 9.65. The summed E-state index contributed by atoms with van der Waals surface area (Å²) in [5.74, 6) is 0. The fourth-order valence-electron chi connectivity index (χ4n) is 7.92. The summed E-state index contributed by atoms with van der Waals surface area (Å²) >= 11 is 0. The SMILES string of the molecule is Cc1cccc(N(c2ccc(C3(c4ccc(N(c5cccc(C)c5)c5ccc(C)c(C)c5)cc4)CCCCC3)cc2)c2ccc(C)c(C)c2)c1. The van der Waals surface area contributed by atoms with Crippen molar-refractivity contribution in [2.24, 2.45) is 0 Å². The van der Waals surface area contributed by atoms with Crippen LogP contribution < -0.4 is 9.80 Å². The first-order chi connectivity index (χ1) is 24.2. The molecule has 1 saturated carbocycles. The van der Waals surface area contributed by atoms with E-state index in [1.165, 1.54) is 111 Å². The first-order valence-electron chi connectivity index (χ1n) is 18.3. The van der Waals surface area contributed by atoms with Crippen molar-refractivity contribution in [2.45, 2.75) is 79.1 Å². The van der Waals surface area contributed by atoms with Gasteiger partial charge in [0.1, 0.15) is 0 Å². The summed E-state index contributed by atoms with van der Waals surface area (Å²) in [5.41, 5.74) is 17.7. The topological polar surface area (TPSA) is 6.48 Å². The number of anilines is 6. The molecule has 0 N–H and O–H groups in total. The van der Waals surface area contributed by atoms with Gasteiger partial charge in [-0.2, -0.15) is 0 Å². The number of nitrogens with zero attached hydrogens (tertiary/aromatic N) is 2. The van der Waals surface area contributed by atoms with Gasteiger partial charge in [-0.25, -0.2) is 0 Å². The van der Waals surface area contributed by atoms with Gasteiger partial charge in [0.25, 0.3) is 0 Å². The van der Waals surface area contributed by atoms with Gasteiger partial charge in [0.2, 0.25) is 0 Å². The Hall–Kier alpha value is -5.08. The molecule has 6 aromatic carbocycles. The maximum absolute atomic E-state index is 2.41. The van der Waals surface area contributed by atoms with Gasteiger partial charge in [-0.15, -0.1) is 0 Å². The molecule has 50 heavy (non-hydrogen) atoms. The number of rotatable bonds is 8. The van der Waals surface area contributed by atoms with E-state index in [1.807, 2.05) is 0 Å². The molecule has 1 aliphatic carbocycles. The molecular formula is C48H50N2. The molecule has 0 saturated heterocycles. The standard InChI is InChI=1S/C48H50N2/c1-34-12-10-14-44(30-34)49(46-22-16-36(3)38(5)32-46)42-24-18-40(19-25-42)48(28-8-7-9-29-48)41-20-26-43(27-21-41)50(45-15-11-13-35(2)31-45)47-23-17-37(4)39(6)33-47/h10-27,30-33H,7-9,28-29H2,1-6H3. The van der Waals surface area contributed by atoms with Crippen molar-refractivity contribution >= 4 is 34.1 Å². The Morgan fingerprint density at radius 3 is 1.12 bits per heavy atom. The third-order valence-corrected chi connectivity index (χ3v) is 11.1. The molecular weight excluding hydrogens is 605 g/mol. The molecule has 6 aromatic rings. The molecule has 0 heterocycles. The molecule has 1 aliphatic rings. The summed E-state index contributed by atoms with van der Waals surface area (Å²) in [6.45, 7) is 13.1. The van der Waals surface area contributed by atoms with Gasteiger partial charge < -0.3 is 9.80 Å². The van der Waals surface area contributed by atoms with Crippen molar-refractivity contribution in [3.8, 4) is 0 Å². The summed E-state index contributed by atoms with van der Waals surface area (Å²) in [7, 11) is 0. The smallest absolute Gasteiger partial charge is 0.0464 e. The van der Waals surface area contributed by atoms with Gasteiger partial charge in [-0.3, -0.25) is 0 Å². The van der Waals surface area contributed by atoms with Crippen molar-refractivity contribution < 1.29 is 0 Å². The Kier molecular flexibility index (Phi) is 9.38. The average Bonchev–Trinajstić information content (AvgIpc) is 3.12. The van der Waals surface area contributed by atoms with E-state index >= 15 is 0 Å². The van der Waals surface area contributed by atoms with E-state index in [-0.39, 0.29) is 5.41 Å². The molecule has 0 unspecified atom stereocenters. The van der Waals surface area contributed by atoms with E-state index in [0.717, 1.165) is 0 Å². The first kappa shape index (κ1) is 33.4. The summed E-state index contributed by atoms with van der Waals surface area (Å²) in [4.78, 5) is 4.80. The average molecular weight is 655 g/mol. The second-order valence-corrected chi connectivity index (χ2v) is 14.6. The molecule has 7 rings (SSSR count). The van der Waals surface area contributed by atoms with Crippen molar-refractivity contribution in [3.05, 3.63) is 178 Å². The Balaban J connectivity index is 1.27. The molecule has 0 bridgehead atoms. The molecule has 252 valence electrons. The minimum Gasteiger partial charge on any atom is -0.310 e. The summed E-state index contributed by atoms with van der Waals surface area (Å²) in [5, 5.41) is 0. The van der Waals surface area contributed by atoms with Gasteiger partial charge >= 0.3 is 0 Å². The second kappa shape index (κ2) is 14.0. The van der Waals surface area contributed by atoms with Crippen LogP contribution in [0.1, 0.15) is 76.6 Å². The van der Waals surface area contributed by atoms with Crippen LogP contribution in [0.3, 0.4) is 0 Å². The molecule has 0 radical (unpaired) electrons. The normalized spacial score (nSPS) is 14.0. The van der Waals surface area contributed by atoms with Gasteiger partial charge in [0.05, 0.1) is 0 Å². The summed E-state index contributed by atoms with van der Waals surface area (Å²) < 4.78 is 0. The van der Waals surface area contributed by atoms with Gasteiger partial charge in [-0.05, 0) is 172 Å². The fourth-order valence-corrected chi connectivity index (χ4v) is 7.92. The van der Waals surface area contributed by atoms with Crippen molar-refractivity contribution in [3.63, 3.8) is 0 Å². The number of hydrogen-bond acceptors (Lipinski definition) is 2. The first-order valence-corrected chi connectivity index (χ1v) is 18.3. The second-order valence-electron chi connectivity index (χ2n) is 14.6. The molecule has 0 atom stereocenters. The zero-order valence-electron chi connectivity index (χ0n) is 30.6. The number of hydrogen-bond donors (Lipinski definition) is 0. The van der Waals surface area contributed by atoms with E-state index in [0.29, 0.717) is 0 Å². The van der Waals surface area contributed by atoms with Crippen LogP contribution in [0.25, 0.3) is 0 Å². The van der Waals surface area contributed by atoms with Crippen LogP contribution in [0.5, 0.6) is 0 Å². The zero-order valence-corrected chi connectivity index (χ0v) is 30.6. The highest BCUT2D eigenvalue weighted by atomic mass is 15.1. The van der Waals surface area contributed by atoms with E-state index in [4.69, 9.17) is 0 Å². The van der Waals surface area contributed by atoms with E-state index in [2.05, 4.69) is 185 Å². The molecule has 0 amide bonds. The van der Waals surface area contributed by atoms with Crippen LogP contribution in [-0.4, -0.2) is 0 Å². The van der Waals surface area contributed by atoms with Crippen LogP contribution in [0.4, 0.5) is 34.1 Å². The van der Waals surface area contributed by atoms with Crippen molar-refractivity contribution in [1.82, 2.24) is 0 Å². The quantitative estimate of drug-likeness (QED) is 0.161. The van der Waals surface area contributed by atoms with Crippen LogP contribution in [-0.2, 0) is 5.41 Å².